The Kier molecular flexibility index (Phi) is 4.30. The van der Waals surface area contributed by atoms with Crippen LogP contribution in [0.25, 0.3) is 0 Å². The fourth-order valence-electron chi connectivity index (χ4n) is 3.08. The number of hydrogen-bond donors (Lipinski definition) is 1. The molecule has 23 heavy (non-hydrogen) atoms. The third-order valence-corrected chi connectivity index (χ3v) is 4.32. The van der Waals surface area contributed by atoms with Crippen LogP contribution in [-0.2, 0) is 14.3 Å². The van der Waals surface area contributed by atoms with Crippen molar-refractivity contribution in [3.05, 3.63) is 35.4 Å². The van der Waals surface area contributed by atoms with E-state index in [9.17, 15) is 18.4 Å². The van der Waals surface area contributed by atoms with Crippen LogP contribution in [0.5, 0.6) is 0 Å². The number of ether oxygens (including phenoxy) is 1. The predicted octanol–water partition coefficient (Wildman–Crippen LogP) is 1.77. The van der Waals surface area contributed by atoms with Crippen LogP contribution in [0.4, 0.5) is 8.78 Å². The van der Waals surface area contributed by atoms with Crippen molar-refractivity contribution in [3.63, 3.8) is 0 Å². The molecule has 5 nitrogen and oxygen atoms in total. The van der Waals surface area contributed by atoms with Gasteiger partial charge in [0.15, 0.2) is 0 Å². The smallest absolute Gasteiger partial charge is 0.306 e. The Labute approximate surface area is 131 Å². The minimum atomic E-state index is -0.976. The van der Waals surface area contributed by atoms with Gasteiger partial charge in [0.25, 0.3) is 0 Å². The summed E-state index contributed by atoms with van der Waals surface area (Å²) in [6.07, 6.45) is -0.190. The molecule has 1 heterocycles. The number of carboxylic acid groups (broad SMARTS) is 1. The summed E-state index contributed by atoms with van der Waals surface area (Å²) in [6.45, 7) is 0.902. The summed E-state index contributed by atoms with van der Waals surface area (Å²) in [5, 5.41) is 8.80. The second kappa shape index (κ2) is 6.23. The standard InChI is InChI=1S/C16H17F2NO4/c17-9-1-2-14(18)12(5-9)11-7-13(11)16(22)19-3-4-23-10(8-19)6-15(20)21/h1-2,5,10-11,13H,3-4,6-8H2,(H,20,21)/t10-,11-,13-/m1/s1. The molecule has 0 aromatic heterocycles. The van der Waals surface area contributed by atoms with E-state index < -0.39 is 23.7 Å². The molecule has 0 bridgehead atoms. The summed E-state index contributed by atoms with van der Waals surface area (Å²) in [4.78, 5) is 24.8. The number of aliphatic carboxylic acids is 1. The molecular formula is C16H17F2NO4. The van der Waals surface area contributed by atoms with E-state index in [2.05, 4.69) is 0 Å². The van der Waals surface area contributed by atoms with Gasteiger partial charge in [-0.25, -0.2) is 8.78 Å². The molecule has 2 fully saturated rings. The summed E-state index contributed by atoms with van der Waals surface area (Å²) in [6, 6.07) is 3.26. The molecule has 124 valence electrons. The molecule has 1 aliphatic carbocycles. The number of carbonyl (C=O) groups is 2. The maximum absolute atomic E-state index is 13.8. The number of carbonyl (C=O) groups excluding carboxylic acids is 1. The zero-order chi connectivity index (χ0) is 16.6. The lowest BCUT2D eigenvalue weighted by Crippen LogP contribution is -2.47. The molecular weight excluding hydrogens is 308 g/mol. The summed E-state index contributed by atoms with van der Waals surface area (Å²) in [5.74, 6) is -2.81. The Morgan fingerprint density at radius 1 is 1.35 bits per heavy atom. The summed E-state index contributed by atoms with van der Waals surface area (Å²) in [5.41, 5.74) is 0.235. The van der Waals surface area contributed by atoms with Crippen molar-refractivity contribution >= 4 is 11.9 Å². The minimum Gasteiger partial charge on any atom is -0.481 e. The summed E-state index contributed by atoms with van der Waals surface area (Å²) in [7, 11) is 0. The van der Waals surface area contributed by atoms with E-state index >= 15 is 0 Å². The number of amides is 1. The topological polar surface area (TPSA) is 66.8 Å². The number of carboxylic acids is 1. The highest BCUT2D eigenvalue weighted by Gasteiger charge is 2.47. The highest BCUT2D eigenvalue weighted by atomic mass is 19.1. The monoisotopic (exact) mass is 325 g/mol. The molecule has 0 spiro atoms. The molecule has 2 aliphatic rings. The van der Waals surface area contributed by atoms with Gasteiger partial charge in [-0.3, -0.25) is 9.59 Å². The van der Waals surface area contributed by atoms with E-state index in [1.54, 1.807) is 4.90 Å². The van der Waals surface area contributed by atoms with Crippen molar-refractivity contribution in [1.82, 2.24) is 4.90 Å². The van der Waals surface area contributed by atoms with Crippen molar-refractivity contribution in [2.75, 3.05) is 19.7 Å². The molecule has 0 unspecified atom stereocenters. The van der Waals surface area contributed by atoms with Gasteiger partial charge in [-0.2, -0.15) is 0 Å². The first-order valence-electron chi connectivity index (χ1n) is 7.53. The maximum Gasteiger partial charge on any atom is 0.306 e. The fraction of sp³-hybridized carbons (Fsp3) is 0.500. The van der Waals surface area contributed by atoms with Crippen molar-refractivity contribution in [1.29, 1.82) is 0 Å². The van der Waals surface area contributed by atoms with E-state index in [0.717, 1.165) is 18.2 Å². The molecule has 7 heteroatoms. The largest absolute Gasteiger partial charge is 0.481 e. The highest BCUT2D eigenvalue weighted by molar-refractivity contribution is 5.83. The lowest BCUT2D eigenvalue weighted by Gasteiger charge is -2.32. The Bertz CT molecular complexity index is 637. The number of nitrogens with zero attached hydrogens (tertiary/aromatic N) is 1. The normalized spacial score (nSPS) is 26.9. The zero-order valence-corrected chi connectivity index (χ0v) is 12.4. The number of benzene rings is 1. The molecule has 1 aliphatic heterocycles. The molecule has 1 saturated heterocycles. The van der Waals surface area contributed by atoms with Gasteiger partial charge in [0.2, 0.25) is 5.91 Å². The van der Waals surface area contributed by atoms with E-state index in [1.165, 1.54) is 0 Å². The van der Waals surface area contributed by atoms with E-state index in [0.29, 0.717) is 13.0 Å². The van der Waals surface area contributed by atoms with Crippen LogP contribution in [0.1, 0.15) is 24.3 Å². The number of morpholine rings is 1. The van der Waals surface area contributed by atoms with Crippen LogP contribution in [-0.4, -0.2) is 47.7 Å². The van der Waals surface area contributed by atoms with Gasteiger partial charge in [-0.05, 0) is 36.1 Å². The minimum absolute atomic E-state index is 0.141. The maximum atomic E-state index is 13.8. The third kappa shape index (κ3) is 3.50. The van der Waals surface area contributed by atoms with Crippen molar-refractivity contribution in [3.8, 4) is 0 Å². The number of halogens is 2. The van der Waals surface area contributed by atoms with E-state index in [-0.39, 0.29) is 42.9 Å². The Balaban J connectivity index is 1.63. The molecule has 3 rings (SSSR count). The predicted molar refractivity (Wildman–Crippen MR) is 75.8 cm³/mol. The first-order valence-corrected chi connectivity index (χ1v) is 7.53. The summed E-state index contributed by atoms with van der Waals surface area (Å²) < 4.78 is 32.4. The number of rotatable bonds is 4. The van der Waals surface area contributed by atoms with Crippen LogP contribution in [0, 0.1) is 17.6 Å². The molecule has 3 atom stereocenters. The van der Waals surface area contributed by atoms with Crippen molar-refractivity contribution < 1.29 is 28.2 Å². The first-order chi connectivity index (χ1) is 11.0. The van der Waals surface area contributed by atoms with Crippen LogP contribution in [0.3, 0.4) is 0 Å². The molecule has 1 aromatic carbocycles. The quantitative estimate of drug-likeness (QED) is 0.916. The average molecular weight is 325 g/mol. The molecule has 1 saturated carbocycles. The summed E-state index contributed by atoms with van der Waals surface area (Å²) >= 11 is 0. The van der Waals surface area contributed by atoms with Gasteiger partial charge in [-0.1, -0.05) is 0 Å². The highest BCUT2D eigenvalue weighted by Crippen LogP contribution is 2.49. The SMILES string of the molecule is O=C(O)C[C@@H]1CN(C(=O)[C@@H]2C[C@@H]2c2cc(F)ccc2F)CCO1. The molecule has 1 aromatic rings. The second-order valence-electron chi connectivity index (χ2n) is 5.99. The van der Waals surface area contributed by atoms with Crippen molar-refractivity contribution in [2.24, 2.45) is 5.92 Å². The van der Waals surface area contributed by atoms with Crippen LogP contribution in [0.15, 0.2) is 18.2 Å². The van der Waals surface area contributed by atoms with Crippen LogP contribution >= 0.6 is 0 Å². The van der Waals surface area contributed by atoms with Crippen LogP contribution < -0.4 is 0 Å². The third-order valence-electron chi connectivity index (χ3n) is 4.32. The lowest BCUT2D eigenvalue weighted by molar-refractivity contribution is -0.148. The van der Waals surface area contributed by atoms with E-state index in [1.807, 2.05) is 0 Å². The van der Waals surface area contributed by atoms with Crippen LogP contribution in [0.2, 0.25) is 0 Å². The van der Waals surface area contributed by atoms with E-state index in [4.69, 9.17) is 9.84 Å². The molecule has 1 amide bonds. The van der Waals surface area contributed by atoms with Gasteiger partial charge in [-0.15, -0.1) is 0 Å². The van der Waals surface area contributed by atoms with Crippen molar-refractivity contribution in [2.45, 2.75) is 24.9 Å². The van der Waals surface area contributed by atoms with Gasteiger partial charge >= 0.3 is 5.97 Å². The molecule has 0 radical (unpaired) electrons. The van der Waals surface area contributed by atoms with Gasteiger partial charge in [0.1, 0.15) is 11.6 Å². The Hall–Kier alpha value is -2.02. The lowest BCUT2D eigenvalue weighted by atomic mass is 10.1. The molecule has 1 N–H and O–H groups in total. The fourth-order valence-corrected chi connectivity index (χ4v) is 3.08. The van der Waals surface area contributed by atoms with Gasteiger partial charge < -0.3 is 14.7 Å². The van der Waals surface area contributed by atoms with Gasteiger partial charge in [0, 0.05) is 19.0 Å². The number of hydrogen-bond acceptors (Lipinski definition) is 3. The Morgan fingerprint density at radius 3 is 2.87 bits per heavy atom. The Morgan fingerprint density at radius 2 is 2.13 bits per heavy atom. The average Bonchev–Trinajstić information content (AvgIpc) is 3.29. The first kappa shape index (κ1) is 15.9. The van der Waals surface area contributed by atoms with Gasteiger partial charge in [0.05, 0.1) is 19.1 Å². The zero-order valence-electron chi connectivity index (χ0n) is 12.4. The second-order valence-corrected chi connectivity index (χ2v) is 5.99.